The molecule has 0 aromatic rings. The minimum Gasteiger partial charge on any atom is -0.417 e. The van der Waals surface area contributed by atoms with Crippen LogP contribution in [0.15, 0.2) is 0 Å². The van der Waals surface area contributed by atoms with Crippen molar-refractivity contribution in [3.05, 3.63) is 0 Å². The second kappa shape index (κ2) is 22.1. The Labute approximate surface area is 286 Å². The van der Waals surface area contributed by atoms with Gasteiger partial charge in [0.25, 0.3) is 0 Å². The zero-order chi connectivity index (χ0) is 34.8. The van der Waals surface area contributed by atoms with E-state index in [2.05, 4.69) is 100 Å². The van der Waals surface area contributed by atoms with Crippen molar-refractivity contribution in [1.29, 1.82) is 0 Å². The molecule has 0 aromatic carbocycles. The molecule has 0 aliphatic rings. The van der Waals surface area contributed by atoms with Crippen molar-refractivity contribution in [2.24, 2.45) is 0 Å². The quantitative estimate of drug-likeness (QED) is 0.0697. The van der Waals surface area contributed by atoms with Crippen LogP contribution in [0.2, 0.25) is 36.3 Å². The fourth-order valence-electron chi connectivity index (χ4n) is 5.85. The van der Waals surface area contributed by atoms with Crippen LogP contribution in [0.3, 0.4) is 0 Å². The maximum absolute atomic E-state index is 11.8. The summed E-state index contributed by atoms with van der Waals surface area (Å²) in [5.41, 5.74) is -0.478. The molecule has 0 atom stereocenters. The molecule has 0 aromatic heterocycles. The molecular weight excluding hydrogens is 587 g/mol. The lowest BCUT2D eigenvalue weighted by molar-refractivity contribution is 0.00621. The van der Waals surface area contributed by atoms with Gasteiger partial charge in [0.2, 0.25) is 0 Å². The highest BCUT2D eigenvalue weighted by atomic mass is 28.4. The van der Waals surface area contributed by atoms with Crippen LogP contribution in [0, 0.1) is 0 Å². The lowest BCUT2D eigenvalue weighted by atomic mass is 9.85. The summed E-state index contributed by atoms with van der Waals surface area (Å²) >= 11 is 0. The maximum atomic E-state index is 11.8. The van der Waals surface area contributed by atoms with Gasteiger partial charge in [-0.25, -0.2) is 0 Å². The topological polar surface area (TPSA) is 41.9 Å². The molecule has 0 rings (SSSR count). The molecular formula is C39H85NO3Si2. The molecule has 4 nitrogen and oxygen atoms in total. The van der Waals surface area contributed by atoms with Crippen molar-refractivity contribution in [2.45, 2.75) is 232 Å². The van der Waals surface area contributed by atoms with Gasteiger partial charge in [0.1, 0.15) is 0 Å². The number of aliphatic hydroxyl groups is 1. The summed E-state index contributed by atoms with van der Waals surface area (Å²) in [7, 11) is -3.22. The first-order chi connectivity index (χ1) is 20.7. The van der Waals surface area contributed by atoms with Crippen molar-refractivity contribution in [3.8, 4) is 0 Å². The van der Waals surface area contributed by atoms with Gasteiger partial charge in [-0.2, -0.15) is 0 Å². The predicted octanol–water partition coefficient (Wildman–Crippen LogP) is 12.5. The van der Waals surface area contributed by atoms with Crippen LogP contribution in [0.1, 0.15) is 178 Å². The Morgan fingerprint density at radius 2 is 0.778 bits per heavy atom. The zero-order valence-corrected chi connectivity index (χ0v) is 35.5. The fraction of sp³-hybridized carbons (Fsp3) is 1.00. The summed E-state index contributed by atoms with van der Waals surface area (Å²) in [6.07, 6.45) is 20.1. The van der Waals surface area contributed by atoms with Crippen molar-refractivity contribution in [2.75, 3.05) is 19.8 Å². The minimum absolute atomic E-state index is 0.298. The molecule has 0 saturated heterocycles. The summed E-state index contributed by atoms with van der Waals surface area (Å²) in [6, 6.07) is 1.17. The van der Waals surface area contributed by atoms with E-state index < -0.39 is 22.2 Å². The Morgan fingerprint density at radius 3 is 1.09 bits per heavy atom. The van der Waals surface area contributed by atoms with E-state index >= 15 is 0 Å². The van der Waals surface area contributed by atoms with Gasteiger partial charge in [0, 0.05) is 25.3 Å². The Kier molecular flexibility index (Phi) is 22.2. The van der Waals surface area contributed by atoms with Gasteiger partial charge in [-0.05, 0) is 115 Å². The first kappa shape index (κ1) is 45.3. The number of unbranched alkanes of at least 4 members (excludes halogenated alkanes) is 11. The van der Waals surface area contributed by atoms with Crippen LogP contribution in [0.4, 0.5) is 0 Å². The highest BCUT2D eigenvalue weighted by molar-refractivity contribution is 6.74. The molecule has 0 saturated carbocycles. The van der Waals surface area contributed by atoms with E-state index in [0.29, 0.717) is 22.2 Å². The van der Waals surface area contributed by atoms with Gasteiger partial charge in [0.15, 0.2) is 16.6 Å². The summed E-state index contributed by atoms with van der Waals surface area (Å²) in [5.74, 6) is 0. The van der Waals surface area contributed by atoms with E-state index in [0.717, 1.165) is 58.3 Å². The highest BCUT2D eigenvalue weighted by Gasteiger charge is 2.37. The molecule has 0 unspecified atom stereocenters. The van der Waals surface area contributed by atoms with Crippen LogP contribution >= 0.6 is 0 Å². The van der Waals surface area contributed by atoms with E-state index in [9.17, 15) is 5.11 Å². The maximum Gasteiger partial charge on any atom is 0.191 e. The van der Waals surface area contributed by atoms with E-state index in [1.807, 2.05) is 0 Å². The lowest BCUT2D eigenvalue weighted by Gasteiger charge is -2.36. The number of hydrogen-bond donors (Lipinski definition) is 1. The average Bonchev–Trinajstić information content (AvgIpc) is 2.89. The number of rotatable bonds is 27. The minimum atomic E-state index is -1.61. The standard InChI is InChI=1S/C39H85NO3Si2/c1-35(2)40(36(3)4)32-26-25-31-39(41,29-23-19-15-17-21-27-33-42-44(11,12)37(5,6)7)30-24-20-16-18-22-28-34-43-45(13,14)38(8,9)10/h35-36,41H,15-34H2,1-14H3. The van der Waals surface area contributed by atoms with Crippen LogP contribution in [0.5, 0.6) is 0 Å². The fourth-order valence-corrected chi connectivity index (χ4v) is 8.03. The monoisotopic (exact) mass is 672 g/mol. The van der Waals surface area contributed by atoms with Gasteiger partial charge >= 0.3 is 0 Å². The lowest BCUT2D eigenvalue weighted by Crippen LogP contribution is -2.40. The SMILES string of the molecule is CC(C)N(CCCCC(O)(CCCCCCCCO[Si](C)(C)C(C)(C)C)CCCCCCCCO[Si](C)(C)C(C)(C)C)C(C)C. The average molecular weight is 672 g/mol. The third-order valence-corrected chi connectivity index (χ3v) is 20.3. The second-order valence-electron chi connectivity index (χ2n) is 18.1. The normalized spacial score (nSPS) is 14.0. The first-order valence-corrected chi connectivity index (χ1v) is 25.2. The van der Waals surface area contributed by atoms with E-state index in [-0.39, 0.29) is 0 Å². The molecule has 1 N–H and O–H groups in total. The molecule has 0 radical (unpaired) electrons. The number of nitrogens with zero attached hydrogens (tertiary/aromatic N) is 1. The molecule has 0 spiro atoms. The van der Waals surface area contributed by atoms with Crippen LogP contribution in [-0.4, -0.2) is 64.1 Å². The molecule has 0 fully saturated rings. The highest BCUT2D eigenvalue weighted by Crippen LogP contribution is 2.37. The summed E-state index contributed by atoms with van der Waals surface area (Å²) in [4.78, 5) is 2.59. The Morgan fingerprint density at radius 1 is 0.489 bits per heavy atom. The van der Waals surface area contributed by atoms with Gasteiger partial charge in [-0.3, -0.25) is 4.90 Å². The molecule has 6 heteroatoms. The molecule has 0 aliphatic heterocycles. The van der Waals surface area contributed by atoms with E-state index in [4.69, 9.17) is 8.85 Å². The predicted molar refractivity (Wildman–Crippen MR) is 207 cm³/mol. The Hall–Kier alpha value is 0.274. The van der Waals surface area contributed by atoms with Crippen molar-refractivity contribution >= 4 is 16.6 Å². The summed E-state index contributed by atoms with van der Waals surface area (Å²) < 4.78 is 12.7. The van der Waals surface area contributed by atoms with Crippen LogP contribution < -0.4 is 0 Å². The molecule has 0 bridgehead atoms. The summed E-state index contributed by atoms with van der Waals surface area (Å²) in [5, 5.41) is 12.4. The van der Waals surface area contributed by atoms with Crippen LogP contribution in [-0.2, 0) is 8.85 Å². The van der Waals surface area contributed by atoms with Gasteiger partial charge in [-0.1, -0.05) is 106 Å². The van der Waals surface area contributed by atoms with Crippen molar-refractivity contribution in [3.63, 3.8) is 0 Å². The van der Waals surface area contributed by atoms with Gasteiger partial charge in [0.05, 0.1) is 5.60 Å². The van der Waals surface area contributed by atoms with E-state index in [1.54, 1.807) is 0 Å². The molecule has 272 valence electrons. The van der Waals surface area contributed by atoms with Crippen LogP contribution in [0.25, 0.3) is 0 Å². The Bertz CT molecular complexity index is 673. The molecule has 0 amide bonds. The van der Waals surface area contributed by atoms with Gasteiger partial charge < -0.3 is 14.0 Å². The second-order valence-corrected chi connectivity index (χ2v) is 27.7. The molecule has 45 heavy (non-hydrogen) atoms. The van der Waals surface area contributed by atoms with Crippen molar-refractivity contribution < 1.29 is 14.0 Å². The van der Waals surface area contributed by atoms with E-state index in [1.165, 1.54) is 70.6 Å². The molecule has 0 heterocycles. The smallest absolute Gasteiger partial charge is 0.191 e. The molecule has 0 aliphatic carbocycles. The summed E-state index contributed by atoms with van der Waals surface area (Å²) in [6.45, 7) is 35.5. The third-order valence-electron chi connectivity index (χ3n) is 11.2. The first-order valence-electron chi connectivity index (χ1n) is 19.4. The largest absolute Gasteiger partial charge is 0.417 e. The Balaban J connectivity index is 4.50. The van der Waals surface area contributed by atoms with Crippen molar-refractivity contribution in [1.82, 2.24) is 4.90 Å². The van der Waals surface area contributed by atoms with Gasteiger partial charge in [-0.15, -0.1) is 0 Å². The zero-order valence-electron chi connectivity index (χ0n) is 33.5. The third kappa shape index (κ3) is 20.4. The number of hydrogen-bond acceptors (Lipinski definition) is 4.